The summed E-state index contributed by atoms with van der Waals surface area (Å²) in [4.78, 5) is 33.8. The number of carbonyl (C=O) groups excluding carboxylic acids is 2. The fraction of sp³-hybridized carbons (Fsp3) is 0.278. The molecule has 0 aromatic heterocycles. The van der Waals surface area contributed by atoms with Crippen molar-refractivity contribution in [2.45, 2.75) is 18.5 Å². The third-order valence-electron chi connectivity index (χ3n) is 9.69. The van der Waals surface area contributed by atoms with Gasteiger partial charge in [-0.25, -0.2) is 0 Å². The summed E-state index contributed by atoms with van der Waals surface area (Å²) < 4.78 is 28.2. The minimum atomic E-state index is -0.951. The molecule has 232 valence electrons. The molecule has 5 aliphatic heterocycles. The normalized spacial score (nSPS) is 20.7. The monoisotopic (exact) mass is 617 g/mol. The highest BCUT2D eigenvalue weighted by Gasteiger charge is 2.57. The van der Waals surface area contributed by atoms with Gasteiger partial charge in [0.1, 0.15) is 17.8 Å². The average molecular weight is 618 g/mol. The molecule has 0 bridgehead atoms. The number of piperazine rings is 1. The Morgan fingerprint density at radius 1 is 0.652 bits per heavy atom. The summed E-state index contributed by atoms with van der Waals surface area (Å²) in [5.41, 5.74) is 4.38. The molecule has 0 radical (unpaired) electrons. The molecule has 5 heterocycles. The SMILES string of the molecule is O=C(c1ccc(CN2C(=O)C3(COc4cc5c(cc43)OCO5)c3ccccc32)cc1)N1CCN(Cc2ccc3c(c2)OCO3)CC1. The van der Waals surface area contributed by atoms with E-state index in [1.165, 1.54) is 5.56 Å². The molecule has 5 aliphatic rings. The Labute approximate surface area is 265 Å². The van der Waals surface area contributed by atoms with Crippen LogP contribution in [0.1, 0.15) is 32.6 Å². The molecule has 1 spiro atoms. The van der Waals surface area contributed by atoms with Crippen LogP contribution in [-0.2, 0) is 23.3 Å². The zero-order valence-corrected chi connectivity index (χ0v) is 25.1. The maximum absolute atomic E-state index is 14.3. The van der Waals surface area contributed by atoms with Crippen molar-refractivity contribution in [1.29, 1.82) is 0 Å². The van der Waals surface area contributed by atoms with E-state index >= 15 is 0 Å². The first-order chi connectivity index (χ1) is 22.6. The number of amides is 2. The van der Waals surface area contributed by atoms with E-state index in [9.17, 15) is 9.59 Å². The molecule has 9 rings (SSSR count). The van der Waals surface area contributed by atoms with E-state index in [1.807, 2.05) is 82.6 Å². The fourth-order valence-corrected chi connectivity index (χ4v) is 7.25. The molecule has 0 aliphatic carbocycles. The number of hydrogen-bond acceptors (Lipinski definition) is 8. The van der Waals surface area contributed by atoms with E-state index in [1.54, 1.807) is 0 Å². The second kappa shape index (κ2) is 10.4. The number of para-hydroxylation sites is 1. The van der Waals surface area contributed by atoms with Crippen LogP contribution < -0.4 is 28.6 Å². The Balaban J connectivity index is 0.883. The first kappa shape index (κ1) is 27.1. The molecule has 46 heavy (non-hydrogen) atoms. The summed E-state index contributed by atoms with van der Waals surface area (Å²) in [5.74, 6) is 3.46. The zero-order valence-electron chi connectivity index (χ0n) is 25.1. The van der Waals surface area contributed by atoms with Crippen LogP contribution in [0.2, 0.25) is 0 Å². The number of anilines is 1. The van der Waals surface area contributed by atoms with Crippen molar-refractivity contribution in [2.24, 2.45) is 0 Å². The van der Waals surface area contributed by atoms with Crippen molar-refractivity contribution in [1.82, 2.24) is 9.80 Å². The molecule has 1 saturated heterocycles. The Kier molecular flexibility index (Phi) is 6.14. The molecule has 10 heteroatoms. The summed E-state index contributed by atoms with van der Waals surface area (Å²) in [7, 11) is 0. The van der Waals surface area contributed by atoms with Crippen LogP contribution in [0.4, 0.5) is 5.69 Å². The van der Waals surface area contributed by atoms with Crippen LogP contribution in [0.25, 0.3) is 0 Å². The Morgan fingerprint density at radius 2 is 1.35 bits per heavy atom. The van der Waals surface area contributed by atoms with Crippen molar-refractivity contribution >= 4 is 17.5 Å². The van der Waals surface area contributed by atoms with E-state index in [2.05, 4.69) is 11.0 Å². The van der Waals surface area contributed by atoms with Gasteiger partial charge in [-0.1, -0.05) is 36.4 Å². The van der Waals surface area contributed by atoms with Crippen molar-refractivity contribution in [3.63, 3.8) is 0 Å². The molecule has 2 amide bonds. The lowest BCUT2D eigenvalue weighted by atomic mass is 9.77. The van der Waals surface area contributed by atoms with Crippen molar-refractivity contribution < 1.29 is 33.3 Å². The van der Waals surface area contributed by atoms with Gasteiger partial charge in [0.25, 0.3) is 5.91 Å². The zero-order chi connectivity index (χ0) is 30.8. The highest BCUT2D eigenvalue weighted by molar-refractivity contribution is 6.11. The Morgan fingerprint density at radius 3 is 2.15 bits per heavy atom. The predicted octanol–water partition coefficient (Wildman–Crippen LogP) is 4.33. The summed E-state index contributed by atoms with van der Waals surface area (Å²) in [6.07, 6.45) is 0. The van der Waals surface area contributed by atoms with Crippen LogP contribution in [0, 0.1) is 0 Å². The molecule has 0 saturated carbocycles. The first-order valence-electron chi connectivity index (χ1n) is 15.5. The highest BCUT2D eigenvalue weighted by atomic mass is 16.7. The van der Waals surface area contributed by atoms with E-state index in [0.29, 0.717) is 42.4 Å². The summed E-state index contributed by atoms with van der Waals surface area (Å²) in [5, 5.41) is 0. The van der Waals surface area contributed by atoms with Crippen molar-refractivity contribution in [3.8, 4) is 28.7 Å². The molecule has 0 N–H and O–H groups in total. The Bertz CT molecular complexity index is 1890. The number of nitrogens with zero attached hydrogens (tertiary/aromatic N) is 3. The van der Waals surface area contributed by atoms with E-state index in [0.717, 1.165) is 53.5 Å². The molecule has 4 aromatic carbocycles. The van der Waals surface area contributed by atoms with Gasteiger partial charge in [-0.2, -0.15) is 0 Å². The standard InChI is InChI=1S/C36H31N3O7/c40-34(38-13-11-37(12-14-38)18-24-7-10-29-31(15-24)44-21-43-29)25-8-5-23(6-9-25)19-39-28-4-2-1-3-26(28)36(35(39)41)20-42-30-17-33-32(16-27(30)36)45-22-46-33/h1-10,15-17H,11-14,18-22H2. The highest BCUT2D eigenvalue weighted by Crippen LogP contribution is 2.55. The molecular weight excluding hydrogens is 586 g/mol. The van der Waals surface area contributed by atoms with Gasteiger partial charge in [0.05, 0.1) is 6.54 Å². The molecule has 10 nitrogen and oxygen atoms in total. The summed E-state index contributed by atoms with van der Waals surface area (Å²) in [6, 6.07) is 25.3. The van der Waals surface area contributed by atoms with E-state index in [4.69, 9.17) is 23.7 Å². The number of ether oxygens (including phenoxy) is 5. The number of carbonyl (C=O) groups is 2. The smallest absolute Gasteiger partial charge is 0.253 e. The minimum absolute atomic E-state index is 0.0225. The molecule has 4 aromatic rings. The number of benzene rings is 4. The maximum Gasteiger partial charge on any atom is 0.253 e. The van der Waals surface area contributed by atoms with E-state index in [-0.39, 0.29) is 32.0 Å². The van der Waals surface area contributed by atoms with Gasteiger partial charge in [-0.15, -0.1) is 0 Å². The number of rotatable bonds is 5. The quantitative estimate of drug-likeness (QED) is 0.327. The molecular formula is C36H31N3O7. The second-order valence-corrected chi connectivity index (χ2v) is 12.3. The molecule has 1 fully saturated rings. The lowest BCUT2D eigenvalue weighted by molar-refractivity contribution is -0.122. The predicted molar refractivity (Wildman–Crippen MR) is 167 cm³/mol. The van der Waals surface area contributed by atoms with Gasteiger partial charge in [0.15, 0.2) is 23.0 Å². The second-order valence-electron chi connectivity index (χ2n) is 12.3. The van der Waals surface area contributed by atoms with Gasteiger partial charge in [-0.05, 0) is 53.1 Å². The maximum atomic E-state index is 14.3. The van der Waals surface area contributed by atoms with Crippen LogP contribution >= 0.6 is 0 Å². The lowest BCUT2D eigenvalue weighted by Gasteiger charge is -2.34. The van der Waals surface area contributed by atoms with Crippen molar-refractivity contribution in [3.05, 3.63) is 107 Å². The van der Waals surface area contributed by atoms with E-state index < -0.39 is 5.41 Å². The minimum Gasteiger partial charge on any atom is -0.491 e. The van der Waals surface area contributed by atoms with Crippen LogP contribution in [0.15, 0.2) is 78.9 Å². The van der Waals surface area contributed by atoms with Gasteiger partial charge in [0.2, 0.25) is 19.5 Å². The largest absolute Gasteiger partial charge is 0.491 e. The fourth-order valence-electron chi connectivity index (χ4n) is 7.25. The Hall–Kier alpha value is -5.22. The summed E-state index contributed by atoms with van der Waals surface area (Å²) in [6.45, 7) is 4.74. The number of fused-ring (bicyclic) bond motifs is 6. The van der Waals surface area contributed by atoms with Gasteiger partial charge >= 0.3 is 0 Å². The average Bonchev–Trinajstić information content (AvgIpc) is 3.88. The molecule has 1 unspecified atom stereocenters. The third kappa shape index (κ3) is 4.20. The van der Waals surface area contributed by atoms with Gasteiger partial charge in [-0.3, -0.25) is 14.5 Å². The van der Waals surface area contributed by atoms with Gasteiger partial charge < -0.3 is 33.5 Å². The first-order valence-corrected chi connectivity index (χ1v) is 15.5. The van der Waals surface area contributed by atoms with Crippen LogP contribution in [-0.4, -0.2) is 68.0 Å². The lowest BCUT2D eigenvalue weighted by Crippen LogP contribution is -2.48. The van der Waals surface area contributed by atoms with Crippen LogP contribution in [0.5, 0.6) is 28.7 Å². The van der Waals surface area contributed by atoms with Crippen LogP contribution in [0.3, 0.4) is 0 Å². The third-order valence-corrected chi connectivity index (χ3v) is 9.69. The van der Waals surface area contributed by atoms with Crippen molar-refractivity contribution in [2.75, 3.05) is 51.3 Å². The molecule has 1 atom stereocenters. The van der Waals surface area contributed by atoms with Gasteiger partial charge in [0, 0.05) is 55.6 Å². The topological polar surface area (TPSA) is 90.0 Å². The number of hydrogen-bond donors (Lipinski definition) is 0. The summed E-state index contributed by atoms with van der Waals surface area (Å²) >= 11 is 0.